The molecule has 3 aromatic carbocycles. The van der Waals surface area contributed by atoms with E-state index in [9.17, 15) is 9.59 Å². The number of fused-ring (bicyclic) bond motifs is 1. The third kappa shape index (κ3) is 3.77. The van der Waals surface area contributed by atoms with Gasteiger partial charge < -0.3 is 16.4 Å². The molecule has 0 aliphatic heterocycles. The summed E-state index contributed by atoms with van der Waals surface area (Å²) in [4.78, 5) is 23.5. The van der Waals surface area contributed by atoms with Crippen molar-refractivity contribution in [2.45, 2.75) is 13.0 Å². The van der Waals surface area contributed by atoms with E-state index in [4.69, 9.17) is 5.73 Å². The highest BCUT2D eigenvalue weighted by Gasteiger charge is 2.14. The minimum Gasteiger partial charge on any atom is -0.373 e. The minimum absolute atomic E-state index is 0.167. The van der Waals surface area contributed by atoms with Gasteiger partial charge in [-0.1, -0.05) is 36.4 Å². The van der Waals surface area contributed by atoms with Gasteiger partial charge in [-0.3, -0.25) is 9.59 Å². The summed E-state index contributed by atoms with van der Waals surface area (Å²) in [5.74, 6) is -0.663. The fraction of sp³-hybridized carbons (Fsp3) is 0.100. The van der Waals surface area contributed by atoms with Gasteiger partial charge in [0, 0.05) is 22.3 Å². The van der Waals surface area contributed by atoms with Gasteiger partial charge in [0.15, 0.2) is 0 Å². The van der Waals surface area contributed by atoms with E-state index in [1.54, 1.807) is 31.2 Å². The molecule has 126 valence electrons. The SMILES string of the molecule is C[C@@H](Nc1cccc2ccccc12)C(=O)Nc1ccc(C(N)=O)cc1. The van der Waals surface area contributed by atoms with Gasteiger partial charge in [-0.25, -0.2) is 0 Å². The largest absolute Gasteiger partial charge is 0.373 e. The summed E-state index contributed by atoms with van der Waals surface area (Å²) >= 11 is 0. The molecule has 5 heteroatoms. The van der Waals surface area contributed by atoms with E-state index < -0.39 is 11.9 Å². The van der Waals surface area contributed by atoms with E-state index >= 15 is 0 Å². The number of carbonyl (C=O) groups excluding carboxylic acids is 2. The molecule has 0 heterocycles. The number of nitrogens with two attached hydrogens (primary N) is 1. The van der Waals surface area contributed by atoms with Crippen LogP contribution in [0.25, 0.3) is 10.8 Å². The van der Waals surface area contributed by atoms with Crippen LogP contribution in [0.3, 0.4) is 0 Å². The van der Waals surface area contributed by atoms with Crippen LogP contribution in [0.15, 0.2) is 66.7 Å². The van der Waals surface area contributed by atoms with Crippen molar-refractivity contribution in [1.82, 2.24) is 0 Å². The fourth-order valence-corrected chi connectivity index (χ4v) is 2.62. The van der Waals surface area contributed by atoms with Crippen LogP contribution in [0.4, 0.5) is 11.4 Å². The van der Waals surface area contributed by atoms with Crippen LogP contribution in [0.5, 0.6) is 0 Å². The molecule has 3 rings (SSSR count). The first-order chi connectivity index (χ1) is 12.0. The Labute approximate surface area is 145 Å². The normalized spacial score (nSPS) is 11.7. The first kappa shape index (κ1) is 16.5. The number of hydrogen-bond donors (Lipinski definition) is 3. The van der Waals surface area contributed by atoms with Gasteiger partial charge in [0.05, 0.1) is 0 Å². The van der Waals surface area contributed by atoms with Gasteiger partial charge in [0.1, 0.15) is 6.04 Å². The lowest BCUT2D eigenvalue weighted by Gasteiger charge is -2.17. The Morgan fingerprint density at radius 3 is 2.32 bits per heavy atom. The number of amides is 2. The molecule has 0 aliphatic carbocycles. The molecule has 0 fully saturated rings. The predicted molar refractivity (Wildman–Crippen MR) is 101 cm³/mol. The zero-order valence-corrected chi connectivity index (χ0v) is 13.8. The van der Waals surface area contributed by atoms with E-state index in [0.717, 1.165) is 16.5 Å². The van der Waals surface area contributed by atoms with E-state index in [0.29, 0.717) is 11.3 Å². The monoisotopic (exact) mass is 333 g/mol. The second-order valence-corrected chi connectivity index (χ2v) is 5.82. The summed E-state index contributed by atoms with van der Waals surface area (Å²) < 4.78 is 0. The van der Waals surface area contributed by atoms with Crippen molar-refractivity contribution in [3.8, 4) is 0 Å². The van der Waals surface area contributed by atoms with Gasteiger partial charge >= 0.3 is 0 Å². The van der Waals surface area contributed by atoms with Crippen LogP contribution < -0.4 is 16.4 Å². The standard InChI is InChI=1S/C20H19N3O2/c1-13(20(25)23-16-11-9-15(10-12-16)19(21)24)22-18-8-4-6-14-5-2-3-7-17(14)18/h2-13,22H,1H3,(H2,21,24)(H,23,25)/t13-/m1/s1. The van der Waals surface area contributed by atoms with Gasteiger partial charge in [-0.2, -0.15) is 0 Å². The third-order valence-electron chi connectivity index (χ3n) is 3.99. The molecule has 3 aromatic rings. The number of nitrogens with one attached hydrogen (secondary N) is 2. The fourth-order valence-electron chi connectivity index (χ4n) is 2.62. The number of carbonyl (C=O) groups is 2. The highest BCUT2D eigenvalue weighted by molar-refractivity contribution is 6.00. The van der Waals surface area contributed by atoms with Crippen LogP contribution in [0, 0.1) is 0 Å². The van der Waals surface area contributed by atoms with Crippen molar-refractivity contribution in [3.05, 3.63) is 72.3 Å². The minimum atomic E-state index is -0.496. The van der Waals surface area contributed by atoms with Crippen LogP contribution in [-0.2, 0) is 4.79 Å². The molecule has 4 N–H and O–H groups in total. The maximum absolute atomic E-state index is 12.4. The topological polar surface area (TPSA) is 84.2 Å². The average Bonchev–Trinajstić information content (AvgIpc) is 2.62. The lowest BCUT2D eigenvalue weighted by Crippen LogP contribution is -2.31. The molecule has 0 aliphatic rings. The maximum atomic E-state index is 12.4. The summed E-state index contributed by atoms with van der Waals surface area (Å²) in [6.07, 6.45) is 0. The second kappa shape index (κ2) is 7.05. The second-order valence-electron chi connectivity index (χ2n) is 5.82. The smallest absolute Gasteiger partial charge is 0.248 e. The van der Waals surface area contributed by atoms with Crippen LogP contribution in [0.1, 0.15) is 17.3 Å². The molecule has 0 unspecified atom stereocenters. The summed E-state index contributed by atoms with van der Waals surface area (Å²) in [5, 5.41) is 8.25. The third-order valence-corrected chi connectivity index (χ3v) is 3.99. The van der Waals surface area contributed by atoms with Gasteiger partial charge in [0.2, 0.25) is 11.8 Å². The summed E-state index contributed by atoms with van der Waals surface area (Å²) in [6.45, 7) is 1.80. The maximum Gasteiger partial charge on any atom is 0.248 e. The van der Waals surface area contributed by atoms with Crippen molar-refractivity contribution in [1.29, 1.82) is 0 Å². The molecule has 0 saturated carbocycles. The number of primary amides is 1. The van der Waals surface area contributed by atoms with Gasteiger partial charge in [-0.15, -0.1) is 0 Å². The van der Waals surface area contributed by atoms with Crippen molar-refractivity contribution in [2.75, 3.05) is 10.6 Å². The number of hydrogen-bond acceptors (Lipinski definition) is 3. The zero-order chi connectivity index (χ0) is 17.8. The quantitative estimate of drug-likeness (QED) is 0.669. The van der Waals surface area contributed by atoms with Crippen LogP contribution in [0.2, 0.25) is 0 Å². The highest BCUT2D eigenvalue weighted by atomic mass is 16.2. The molecule has 5 nitrogen and oxygen atoms in total. The Hall–Kier alpha value is -3.34. The Morgan fingerprint density at radius 1 is 0.920 bits per heavy atom. The van der Waals surface area contributed by atoms with Crippen LogP contribution in [-0.4, -0.2) is 17.9 Å². The molecule has 25 heavy (non-hydrogen) atoms. The van der Waals surface area contributed by atoms with E-state index in [-0.39, 0.29) is 5.91 Å². The molecule has 0 radical (unpaired) electrons. The molecule has 0 bridgehead atoms. The Morgan fingerprint density at radius 2 is 1.60 bits per heavy atom. The Kier molecular flexibility index (Phi) is 4.66. The van der Waals surface area contributed by atoms with Crippen molar-refractivity contribution in [2.24, 2.45) is 5.73 Å². The van der Waals surface area contributed by atoms with Crippen molar-refractivity contribution >= 4 is 34.0 Å². The van der Waals surface area contributed by atoms with Crippen molar-refractivity contribution < 1.29 is 9.59 Å². The molecular weight excluding hydrogens is 314 g/mol. The zero-order valence-electron chi connectivity index (χ0n) is 13.8. The number of benzene rings is 3. The first-order valence-electron chi connectivity index (χ1n) is 7.99. The van der Waals surface area contributed by atoms with E-state index in [2.05, 4.69) is 10.6 Å². The lowest BCUT2D eigenvalue weighted by atomic mass is 10.1. The van der Waals surface area contributed by atoms with Crippen LogP contribution >= 0.6 is 0 Å². The Bertz CT molecular complexity index is 914. The predicted octanol–water partition coefficient (Wildman–Crippen LogP) is 3.38. The molecule has 0 saturated heterocycles. The Balaban J connectivity index is 1.71. The molecule has 0 spiro atoms. The summed E-state index contributed by atoms with van der Waals surface area (Å²) in [6, 6.07) is 20.0. The summed E-state index contributed by atoms with van der Waals surface area (Å²) in [5.41, 5.74) is 7.13. The molecule has 2 amide bonds. The first-order valence-corrected chi connectivity index (χ1v) is 7.99. The summed E-state index contributed by atoms with van der Waals surface area (Å²) in [7, 11) is 0. The molecule has 1 atom stereocenters. The highest BCUT2D eigenvalue weighted by Crippen LogP contribution is 2.23. The lowest BCUT2D eigenvalue weighted by molar-refractivity contribution is -0.116. The molecule has 0 aromatic heterocycles. The number of rotatable bonds is 5. The van der Waals surface area contributed by atoms with Crippen molar-refractivity contribution in [3.63, 3.8) is 0 Å². The van der Waals surface area contributed by atoms with Gasteiger partial charge in [0.25, 0.3) is 0 Å². The molecular formula is C20H19N3O2. The van der Waals surface area contributed by atoms with E-state index in [1.807, 2.05) is 42.5 Å². The van der Waals surface area contributed by atoms with Gasteiger partial charge in [-0.05, 0) is 42.6 Å². The number of anilines is 2. The van der Waals surface area contributed by atoms with E-state index in [1.165, 1.54) is 0 Å². The average molecular weight is 333 g/mol.